The van der Waals surface area contributed by atoms with Crippen molar-refractivity contribution in [1.29, 1.82) is 0 Å². The summed E-state index contributed by atoms with van der Waals surface area (Å²) in [5.41, 5.74) is 0.542. The maximum atomic E-state index is 14.0. The van der Waals surface area contributed by atoms with Crippen LogP contribution in [0.4, 0.5) is 8.78 Å². The monoisotopic (exact) mass is 295 g/mol. The van der Waals surface area contributed by atoms with Crippen LogP contribution in [0.5, 0.6) is 11.5 Å². The molecule has 0 bridgehead atoms. The second-order valence-corrected chi connectivity index (χ2v) is 4.71. The Morgan fingerprint density at radius 1 is 1.24 bits per heavy atom. The Balaban J connectivity index is 2.15. The zero-order valence-corrected chi connectivity index (χ0v) is 12.2. The van der Waals surface area contributed by atoms with Crippen molar-refractivity contribution in [2.45, 2.75) is 33.4 Å². The minimum atomic E-state index is -0.717. The molecule has 1 aromatic carbocycles. The van der Waals surface area contributed by atoms with Crippen LogP contribution in [0, 0.1) is 11.6 Å². The van der Waals surface area contributed by atoms with Crippen molar-refractivity contribution in [3.05, 3.63) is 41.7 Å². The van der Waals surface area contributed by atoms with Gasteiger partial charge in [-0.1, -0.05) is 13.8 Å². The molecule has 0 aliphatic rings. The lowest BCUT2D eigenvalue weighted by molar-refractivity contribution is 0.405. The molecule has 0 atom stereocenters. The molecule has 1 heterocycles. The van der Waals surface area contributed by atoms with Crippen molar-refractivity contribution < 1.29 is 13.5 Å². The average molecular weight is 295 g/mol. The van der Waals surface area contributed by atoms with Crippen LogP contribution in [-0.2, 0) is 13.1 Å². The molecule has 0 unspecified atom stereocenters. The predicted octanol–water partition coefficient (Wildman–Crippen LogP) is 3.47. The first-order valence-corrected chi connectivity index (χ1v) is 7.03. The zero-order chi connectivity index (χ0) is 15.2. The highest BCUT2D eigenvalue weighted by Crippen LogP contribution is 2.28. The molecule has 4 nitrogen and oxygen atoms in total. The summed E-state index contributed by atoms with van der Waals surface area (Å²) < 4.78 is 34.9. The number of halogens is 2. The number of hydrogen-bond donors (Lipinski definition) is 1. The molecule has 2 aromatic rings. The first kappa shape index (κ1) is 15.4. The molecule has 1 aromatic heterocycles. The highest BCUT2D eigenvalue weighted by Gasteiger charge is 2.14. The molecule has 0 aliphatic heterocycles. The van der Waals surface area contributed by atoms with Crippen LogP contribution in [0.2, 0.25) is 0 Å². The molecule has 0 radical (unpaired) electrons. The Hall–Kier alpha value is -1.95. The summed E-state index contributed by atoms with van der Waals surface area (Å²) in [6, 6.07) is 2.55. The third-order valence-corrected chi connectivity index (χ3v) is 2.92. The Morgan fingerprint density at radius 3 is 2.57 bits per heavy atom. The highest BCUT2D eigenvalue weighted by atomic mass is 19.1. The number of rotatable bonds is 7. The van der Waals surface area contributed by atoms with Crippen molar-refractivity contribution in [3.63, 3.8) is 0 Å². The van der Waals surface area contributed by atoms with E-state index in [2.05, 4.69) is 10.4 Å². The van der Waals surface area contributed by atoms with Gasteiger partial charge < -0.3 is 10.1 Å². The smallest absolute Gasteiger partial charge is 0.198 e. The summed E-state index contributed by atoms with van der Waals surface area (Å²) in [6.45, 7) is 5.83. The fraction of sp³-hybridized carbons (Fsp3) is 0.400. The first-order chi connectivity index (χ1) is 10.1. The van der Waals surface area contributed by atoms with Crippen molar-refractivity contribution in [1.82, 2.24) is 15.1 Å². The number of nitrogens with zero attached hydrogens (tertiary/aromatic N) is 2. The minimum absolute atomic E-state index is 0.320. The van der Waals surface area contributed by atoms with Gasteiger partial charge >= 0.3 is 0 Å². The van der Waals surface area contributed by atoms with E-state index >= 15 is 0 Å². The van der Waals surface area contributed by atoms with Gasteiger partial charge in [0.25, 0.3) is 0 Å². The Bertz CT molecular complexity index is 575. The normalized spacial score (nSPS) is 10.9. The molecule has 114 valence electrons. The Morgan fingerprint density at radius 2 is 1.95 bits per heavy atom. The van der Waals surface area contributed by atoms with Crippen LogP contribution in [0.25, 0.3) is 0 Å². The predicted molar refractivity (Wildman–Crippen MR) is 76.3 cm³/mol. The van der Waals surface area contributed by atoms with Crippen molar-refractivity contribution >= 4 is 0 Å². The van der Waals surface area contributed by atoms with E-state index in [0.717, 1.165) is 19.5 Å². The van der Waals surface area contributed by atoms with Gasteiger partial charge in [-0.05, 0) is 30.7 Å². The lowest BCUT2D eigenvalue weighted by atomic mass is 10.2. The number of aromatic nitrogens is 2. The van der Waals surface area contributed by atoms with Crippen LogP contribution < -0.4 is 10.1 Å². The van der Waals surface area contributed by atoms with E-state index in [4.69, 9.17) is 4.74 Å². The van der Waals surface area contributed by atoms with E-state index in [0.29, 0.717) is 17.9 Å². The molecule has 21 heavy (non-hydrogen) atoms. The molecule has 0 fully saturated rings. The summed E-state index contributed by atoms with van der Waals surface area (Å²) in [5, 5.41) is 7.07. The fourth-order valence-electron chi connectivity index (χ4n) is 1.95. The lowest BCUT2D eigenvalue weighted by Gasteiger charge is -2.08. The van der Waals surface area contributed by atoms with Crippen molar-refractivity contribution in [3.8, 4) is 11.5 Å². The molecular weight excluding hydrogens is 276 g/mol. The van der Waals surface area contributed by atoms with Crippen LogP contribution in [0.15, 0.2) is 24.5 Å². The number of benzene rings is 1. The van der Waals surface area contributed by atoms with Crippen LogP contribution in [0.1, 0.15) is 25.8 Å². The first-order valence-electron chi connectivity index (χ1n) is 7.03. The van der Waals surface area contributed by atoms with Gasteiger partial charge in [0.2, 0.25) is 0 Å². The minimum Gasteiger partial charge on any atom is -0.448 e. The van der Waals surface area contributed by atoms with E-state index in [1.807, 2.05) is 13.8 Å². The van der Waals surface area contributed by atoms with Crippen LogP contribution in [0.3, 0.4) is 0 Å². The topological polar surface area (TPSA) is 39.1 Å². The molecule has 0 saturated heterocycles. The third-order valence-electron chi connectivity index (χ3n) is 2.92. The van der Waals surface area contributed by atoms with E-state index in [1.165, 1.54) is 18.3 Å². The van der Waals surface area contributed by atoms with Gasteiger partial charge in [0, 0.05) is 13.1 Å². The largest absolute Gasteiger partial charge is 0.448 e. The molecule has 1 N–H and O–H groups in total. The van der Waals surface area contributed by atoms with Gasteiger partial charge in [-0.25, -0.2) is 8.78 Å². The molecule has 2 rings (SSSR count). The number of hydrogen-bond acceptors (Lipinski definition) is 3. The van der Waals surface area contributed by atoms with Gasteiger partial charge in [0.15, 0.2) is 23.1 Å². The number of aryl methyl sites for hydroxylation is 1. The van der Waals surface area contributed by atoms with E-state index in [1.54, 1.807) is 10.9 Å². The summed E-state index contributed by atoms with van der Waals surface area (Å²) in [6.07, 6.45) is 3.99. The van der Waals surface area contributed by atoms with E-state index < -0.39 is 17.4 Å². The number of nitrogens with one attached hydrogen (secondary N) is 1. The van der Waals surface area contributed by atoms with Gasteiger partial charge in [0.1, 0.15) is 0 Å². The van der Waals surface area contributed by atoms with Crippen LogP contribution >= 0.6 is 0 Å². The summed E-state index contributed by atoms with van der Waals surface area (Å²) in [5.74, 6) is -1.51. The van der Waals surface area contributed by atoms with Gasteiger partial charge in [-0.15, -0.1) is 0 Å². The fourth-order valence-corrected chi connectivity index (χ4v) is 1.95. The molecular formula is C15H19F2N3O. The summed E-state index contributed by atoms with van der Waals surface area (Å²) in [4.78, 5) is 0. The standard InChI is InChI=1S/C15H19F2N3O/c1-3-5-20-10-12(9-19-20)21-15-13(16)6-11(7-14(15)17)8-18-4-2/h6-7,9-10,18H,3-5,8H2,1-2H3. The van der Waals surface area contributed by atoms with Crippen LogP contribution in [-0.4, -0.2) is 16.3 Å². The average Bonchev–Trinajstić information content (AvgIpc) is 2.88. The maximum Gasteiger partial charge on any atom is 0.198 e. The zero-order valence-electron chi connectivity index (χ0n) is 12.2. The molecule has 6 heteroatoms. The third kappa shape index (κ3) is 4.01. The highest BCUT2D eigenvalue weighted by molar-refractivity contribution is 5.34. The second-order valence-electron chi connectivity index (χ2n) is 4.71. The Kier molecular flexibility index (Phi) is 5.27. The SMILES string of the molecule is CCCn1cc(Oc2c(F)cc(CNCC)cc2F)cn1. The lowest BCUT2D eigenvalue weighted by Crippen LogP contribution is -2.12. The molecule has 0 saturated carbocycles. The van der Waals surface area contributed by atoms with Crippen molar-refractivity contribution in [2.75, 3.05) is 6.54 Å². The quantitative estimate of drug-likeness (QED) is 0.850. The maximum absolute atomic E-state index is 14.0. The van der Waals surface area contributed by atoms with E-state index in [-0.39, 0.29) is 0 Å². The van der Waals surface area contributed by atoms with Gasteiger partial charge in [-0.3, -0.25) is 4.68 Å². The molecule has 0 aliphatic carbocycles. The second kappa shape index (κ2) is 7.17. The van der Waals surface area contributed by atoms with Gasteiger partial charge in [0.05, 0.1) is 12.4 Å². The molecule has 0 amide bonds. The van der Waals surface area contributed by atoms with Crippen molar-refractivity contribution in [2.24, 2.45) is 0 Å². The summed E-state index contributed by atoms with van der Waals surface area (Å²) in [7, 11) is 0. The Labute approximate surface area is 122 Å². The van der Waals surface area contributed by atoms with E-state index in [9.17, 15) is 8.78 Å². The molecule has 0 spiro atoms. The number of ether oxygens (including phenoxy) is 1. The van der Waals surface area contributed by atoms with Gasteiger partial charge in [-0.2, -0.15) is 5.10 Å². The summed E-state index contributed by atoms with van der Waals surface area (Å²) >= 11 is 0.